The molecule has 4 amide bonds. The molecule has 1 aliphatic heterocycles. The molecule has 0 aliphatic carbocycles. The molecule has 5 aromatic carbocycles. The second-order valence-corrected chi connectivity index (χ2v) is 19.9. The van der Waals surface area contributed by atoms with Gasteiger partial charge in [-0.3, -0.25) is 14.6 Å². The summed E-state index contributed by atoms with van der Waals surface area (Å²) in [5, 5.41) is 27.3. The van der Waals surface area contributed by atoms with Gasteiger partial charge >= 0.3 is 18.2 Å². The van der Waals surface area contributed by atoms with E-state index in [1.54, 1.807) is 74.5 Å². The number of aromatic nitrogens is 1. The first kappa shape index (κ1) is 51.3. The van der Waals surface area contributed by atoms with Crippen molar-refractivity contribution in [3.8, 4) is 22.6 Å². The largest absolute Gasteiger partial charge is 0.504 e. The molecule has 1 fully saturated rings. The van der Waals surface area contributed by atoms with E-state index >= 15 is 0 Å². The van der Waals surface area contributed by atoms with E-state index < -0.39 is 80.5 Å². The number of ether oxygens (including phenoxy) is 3. The number of phenols is 2. The zero-order valence-electron chi connectivity index (χ0n) is 39.6. The predicted molar refractivity (Wildman–Crippen MR) is 267 cm³/mol. The van der Waals surface area contributed by atoms with Crippen molar-refractivity contribution in [1.82, 2.24) is 25.8 Å². The first-order chi connectivity index (χ1) is 34.4. The molecule has 18 heteroatoms. The van der Waals surface area contributed by atoms with E-state index in [9.17, 15) is 42.6 Å². The summed E-state index contributed by atoms with van der Waals surface area (Å²) in [6.45, 7) is 3.75. The van der Waals surface area contributed by atoms with Crippen molar-refractivity contribution >= 4 is 45.9 Å². The number of carbonyl (C=O) groups excluding carboxylic acids is 5. The summed E-state index contributed by atoms with van der Waals surface area (Å²) in [5.41, 5.74) is 3.71. The fraction of sp³-hybridized carbons (Fsp3) is 0.222. The summed E-state index contributed by atoms with van der Waals surface area (Å²) in [7, 11) is -4.46. The highest BCUT2D eigenvalue weighted by atomic mass is 32.2. The molecule has 0 spiro atoms. The molecule has 1 aromatic heterocycles. The van der Waals surface area contributed by atoms with Gasteiger partial charge in [0.2, 0.25) is 5.91 Å². The number of aromatic hydroxyl groups is 2. The Balaban J connectivity index is 1.01. The van der Waals surface area contributed by atoms with Crippen LogP contribution in [0.1, 0.15) is 65.2 Å². The number of amides is 4. The molecule has 5 N–H and O–H groups in total. The second-order valence-electron chi connectivity index (χ2n) is 17.5. The third kappa shape index (κ3) is 12.4. The van der Waals surface area contributed by atoms with Gasteiger partial charge in [-0.25, -0.2) is 22.8 Å². The molecule has 2 atom stereocenters. The van der Waals surface area contributed by atoms with Crippen LogP contribution in [0, 0.1) is 0 Å². The van der Waals surface area contributed by atoms with Crippen LogP contribution in [0.15, 0.2) is 158 Å². The van der Waals surface area contributed by atoms with Gasteiger partial charge in [0.25, 0.3) is 5.91 Å². The topological polar surface area (TPSA) is 240 Å². The summed E-state index contributed by atoms with van der Waals surface area (Å²) in [5.74, 6) is -4.30. The number of benzene rings is 5. The maximum atomic E-state index is 14.6. The Labute approximate surface area is 416 Å². The third-order valence-electron chi connectivity index (χ3n) is 12.0. The Morgan fingerprint density at radius 3 is 2.01 bits per heavy atom. The van der Waals surface area contributed by atoms with Crippen LogP contribution >= 0.6 is 0 Å². The van der Waals surface area contributed by atoms with E-state index in [0.717, 1.165) is 27.7 Å². The van der Waals surface area contributed by atoms with E-state index in [0.29, 0.717) is 16.7 Å². The molecule has 1 saturated heterocycles. The molecular weight excluding hydrogens is 943 g/mol. The summed E-state index contributed by atoms with van der Waals surface area (Å²) < 4.78 is 43.3. The first-order valence-electron chi connectivity index (χ1n) is 22.7. The molecule has 17 nitrogen and oxygen atoms in total. The third-order valence-corrected chi connectivity index (χ3v) is 14.4. The van der Waals surface area contributed by atoms with E-state index in [1.165, 1.54) is 49.5 Å². The van der Waals surface area contributed by atoms with Crippen LogP contribution in [0.2, 0.25) is 0 Å². The average Bonchev–Trinajstić information content (AvgIpc) is 3.60. The van der Waals surface area contributed by atoms with Gasteiger partial charge in [0.05, 0.1) is 5.69 Å². The lowest BCUT2D eigenvalue weighted by atomic mass is 9.95. The summed E-state index contributed by atoms with van der Waals surface area (Å²) >= 11 is 0. The van der Waals surface area contributed by atoms with Gasteiger partial charge in [-0.1, -0.05) is 121 Å². The monoisotopic (exact) mass is 995 g/mol. The lowest BCUT2D eigenvalue weighted by Crippen LogP contribution is -2.55. The SMILES string of the molecule is CC(C)(OC(=O)NCCNC(=O)c1ccnc(/C=C/C(=O)N2CS(=O)(=O)C(C)(COC(=O)NCc3ccc(O)c(O)c3)[C@@H]2C(=O)OC(c2ccccc2)c2ccccc2)c1)c1ccc(-c2ccccc2)cc1. The lowest BCUT2D eigenvalue weighted by Gasteiger charge is -2.32. The molecule has 1 unspecified atom stereocenters. The molecule has 0 saturated carbocycles. The maximum absolute atomic E-state index is 14.6. The minimum absolute atomic E-state index is 0.0373. The van der Waals surface area contributed by atoms with Gasteiger partial charge in [0.1, 0.15) is 22.8 Å². The number of hydrogen-bond acceptors (Lipinski definition) is 13. The van der Waals surface area contributed by atoms with Crippen LogP contribution in [0.25, 0.3) is 17.2 Å². The summed E-state index contributed by atoms with van der Waals surface area (Å²) in [6.07, 6.45) is 0.805. The van der Waals surface area contributed by atoms with Crippen molar-refractivity contribution in [3.63, 3.8) is 0 Å². The van der Waals surface area contributed by atoms with Crippen molar-refractivity contribution in [2.24, 2.45) is 0 Å². The number of pyridine rings is 1. The first-order valence-corrected chi connectivity index (χ1v) is 24.4. The van der Waals surface area contributed by atoms with Gasteiger partial charge in [0.15, 0.2) is 33.5 Å². The molecule has 0 radical (unpaired) electrons. The van der Waals surface area contributed by atoms with Crippen molar-refractivity contribution in [1.29, 1.82) is 0 Å². The van der Waals surface area contributed by atoms with Gasteiger partial charge in [0, 0.05) is 37.5 Å². The minimum Gasteiger partial charge on any atom is -0.504 e. The number of carbonyl (C=O) groups is 5. The van der Waals surface area contributed by atoms with E-state index in [-0.39, 0.29) is 36.6 Å². The van der Waals surface area contributed by atoms with Crippen LogP contribution in [0.5, 0.6) is 11.5 Å². The Kier molecular flexibility index (Phi) is 16.0. The second kappa shape index (κ2) is 22.5. The zero-order chi connectivity index (χ0) is 51.5. The highest BCUT2D eigenvalue weighted by Gasteiger charge is 2.62. The number of sulfone groups is 1. The van der Waals surface area contributed by atoms with Gasteiger partial charge < -0.3 is 45.3 Å². The Morgan fingerprint density at radius 1 is 0.764 bits per heavy atom. The van der Waals surface area contributed by atoms with Gasteiger partial charge in [-0.15, -0.1) is 0 Å². The fourth-order valence-electron chi connectivity index (χ4n) is 7.92. The van der Waals surface area contributed by atoms with Crippen LogP contribution in [0.4, 0.5) is 9.59 Å². The number of esters is 1. The van der Waals surface area contributed by atoms with Crippen molar-refractivity contribution in [2.45, 2.75) is 49.8 Å². The molecule has 0 bridgehead atoms. The highest BCUT2D eigenvalue weighted by molar-refractivity contribution is 7.93. The van der Waals surface area contributed by atoms with Crippen molar-refractivity contribution < 1.29 is 56.8 Å². The van der Waals surface area contributed by atoms with Crippen molar-refractivity contribution in [2.75, 3.05) is 25.6 Å². The Bertz CT molecular complexity index is 3010. The highest BCUT2D eigenvalue weighted by Crippen LogP contribution is 2.38. The van der Waals surface area contributed by atoms with Gasteiger partial charge in [-0.2, -0.15) is 0 Å². The molecule has 372 valence electrons. The quantitative estimate of drug-likeness (QED) is 0.0201. The average molecular weight is 996 g/mol. The van der Waals surface area contributed by atoms with E-state index in [1.807, 2.05) is 54.6 Å². The van der Waals surface area contributed by atoms with Crippen LogP contribution in [0.3, 0.4) is 0 Å². The molecule has 72 heavy (non-hydrogen) atoms. The predicted octanol–water partition coefficient (Wildman–Crippen LogP) is 7.17. The number of rotatable bonds is 17. The molecular formula is C54H53N5O12S. The molecule has 1 aliphatic rings. The fourth-order valence-corrected chi connectivity index (χ4v) is 9.66. The maximum Gasteiger partial charge on any atom is 0.408 e. The van der Waals surface area contributed by atoms with Gasteiger partial charge in [-0.05, 0) is 84.5 Å². The Hall–Kier alpha value is -8.51. The molecule has 7 rings (SSSR count). The van der Waals surface area contributed by atoms with E-state index in [4.69, 9.17) is 14.2 Å². The standard InChI is InChI=1S/C54H53N5O12S/c1-53(2,42-22-20-38(21-23-42)37-13-7-4-8-14-37)71-52(66)57-30-29-56-49(63)41-27-28-55-43(32-41)24-26-46(62)59-35-72(67,68)54(3,34-69-51(65)58-33-36-19-25-44(60)45(61)31-36)48(59)50(64)70-47(39-15-9-5-10-16-39)40-17-11-6-12-18-40/h4-28,31-32,47-48,60-61H,29-30,33-35H2,1-3H3,(H,56,63)(H,57,66)(H,58,65)/b26-24+/t48-,54?/m0/s1. The smallest absolute Gasteiger partial charge is 0.408 e. The van der Waals surface area contributed by atoms with Crippen molar-refractivity contribution in [3.05, 3.63) is 191 Å². The van der Waals surface area contributed by atoms with E-state index in [2.05, 4.69) is 20.9 Å². The number of alkyl carbamates (subject to hydrolysis) is 2. The Morgan fingerprint density at radius 2 is 1.38 bits per heavy atom. The number of nitrogens with zero attached hydrogens (tertiary/aromatic N) is 2. The summed E-state index contributed by atoms with van der Waals surface area (Å²) in [4.78, 5) is 72.6. The lowest BCUT2D eigenvalue weighted by molar-refractivity contribution is -0.157. The van der Waals surface area contributed by atoms with Crippen LogP contribution in [-0.4, -0.2) is 94.8 Å². The van der Waals surface area contributed by atoms with Crippen LogP contribution < -0.4 is 16.0 Å². The number of nitrogens with one attached hydrogen (secondary N) is 3. The van der Waals surface area contributed by atoms with Crippen LogP contribution in [-0.2, 0) is 45.8 Å². The number of phenolic OH excluding ortho intramolecular Hbond substituents is 2. The molecule has 6 aromatic rings. The zero-order valence-corrected chi connectivity index (χ0v) is 40.4. The molecule has 2 heterocycles. The summed E-state index contributed by atoms with van der Waals surface area (Å²) in [6, 6.07) is 39.9. The number of hydrogen-bond donors (Lipinski definition) is 5. The normalized spacial score (nSPS) is 16.2. The minimum atomic E-state index is -4.46.